The van der Waals surface area contributed by atoms with E-state index < -0.39 is 0 Å². The number of carbonyl (C=O) groups is 2. The molecule has 1 N–H and O–H groups in total. The van der Waals surface area contributed by atoms with E-state index in [-0.39, 0.29) is 29.5 Å². The molecule has 2 amide bonds. The van der Waals surface area contributed by atoms with Gasteiger partial charge in [-0.3, -0.25) is 9.59 Å². The molecule has 0 radical (unpaired) electrons. The van der Waals surface area contributed by atoms with Gasteiger partial charge in [-0.1, -0.05) is 6.42 Å². The zero-order valence-corrected chi connectivity index (χ0v) is 14.9. The van der Waals surface area contributed by atoms with Crippen LogP contribution in [-0.4, -0.2) is 53.4 Å². The Morgan fingerprint density at radius 3 is 2.64 bits per heavy atom. The fourth-order valence-corrected chi connectivity index (χ4v) is 3.17. The molecule has 0 unspecified atom stereocenters. The minimum absolute atomic E-state index is 0.00254. The Kier molecular flexibility index (Phi) is 5.50. The quantitative estimate of drug-likeness (QED) is 0.846. The summed E-state index contributed by atoms with van der Waals surface area (Å²) in [6.07, 6.45) is 8.77. The molecule has 2 saturated carbocycles. The van der Waals surface area contributed by atoms with Crippen molar-refractivity contribution >= 4 is 11.8 Å². The van der Waals surface area contributed by atoms with Crippen LogP contribution in [-0.2, 0) is 4.79 Å². The van der Waals surface area contributed by atoms with Crippen molar-refractivity contribution in [2.75, 3.05) is 20.7 Å². The number of carbonyl (C=O) groups excluding carboxylic acids is 2. The van der Waals surface area contributed by atoms with Gasteiger partial charge in [0.2, 0.25) is 11.8 Å². The normalized spacial score (nSPS) is 23.0. The number of rotatable bonds is 6. The zero-order valence-electron chi connectivity index (χ0n) is 14.9. The summed E-state index contributed by atoms with van der Waals surface area (Å²) >= 11 is 0. The van der Waals surface area contributed by atoms with E-state index in [2.05, 4.69) is 15.3 Å². The van der Waals surface area contributed by atoms with E-state index in [1.165, 1.54) is 25.2 Å². The molecule has 1 heterocycles. The first-order chi connectivity index (χ1) is 12.0. The van der Waals surface area contributed by atoms with Crippen LogP contribution in [0.2, 0.25) is 0 Å². The van der Waals surface area contributed by atoms with Crippen molar-refractivity contribution in [2.24, 2.45) is 11.8 Å². The van der Waals surface area contributed by atoms with Crippen LogP contribution in [0.3, 0.4) is 0 Å². The molecular formula is C18H26N4O3. The Bertz CT molecular complexity index is 613. The number of amides is 2. The molecule has 2 atom stereocenters. The van der Waals surface area contributed by atoms with Crippen LogP contribution in [0.1, 0.15) is 49.0 Å². The van der Waals surface area contributed by atoms with Crippen molar-refractivity contribution in [3.8, 4) is 5.88 Å². The molecule has 2 aliphatic carbocycles. The third-order valence-corrected chi connectivity index (χ3v) is 4.82. The minimum atomic E-state index is -0.246. The molecule has 1 aromatic heterocycles. The zero-order chi connectivity index (χ0) is 17.8. The lowest BCUT2D eigenvalue weighted by atomic mass is 9.85. The lowest BCUT2D eigenvalue weighted by Crippen LogP contribution is -2.42. The second-order valence-corrected chi connectivity index (χ2v) is 7.26. The molecule has 2 fully saturated rings. The Labute approximate surface area is 148 Å². The topological polar surface area (TPSA) is 84.4 Å². The van der Waals surface area contributed by atoms with E-state index in [1.54, 1.807) is 19.0 Å². The fraction of sp³-hybridized carbons (Fsp3) is 0.667. The molecule has 0 bridgehead atoms. The number of hydrogen-bond acceptors (Lipinski definition) is 5. The van der Waals surface area contributed by atoms with Crippen molar-refractivity contribution in [2.45, 2.75) is 44.6 Å². The average Bonchev–Trinajstić information content (AvgIpc) is 3.44. The van der Waals surface area contributed by atoms with Gasteiger partial charge < -0.3 is 15.0 Å². The van der Waals surface area contributed by atoms with Gasteiger partial charge in [-0.25, -0.2) is 9.97 Å². The number of nitrogens with one attached hydrogen (secondary N) is 1. The van der Waals surface area contributed by atoms with Crippen LogP contribution >= 0.6 is 0 Å². The molecule has 7 nitrogen and oxygen atoms in total. The predicted molar refractivity (Wildman–Crippen MR) is 92.2 cm³/mol. The first kappa shape index (κ1) is 17.6. The van der Waals surface area contributed by atoms with Crippen LogP contribution in [0.5, 0.6) is 5.88 Å². The summed E-state index contributed by atoms with van der Waals surface area (Å²) in [6.45, 7) is 0.670. The molecule has 0 saturated heterocycles. The molecule has 3 rings (SSSR count). The first-order valence-corrected chi connectivity index (χ1v) is 9.00. The second-order valence-electron chi connectivity index (χ2n) is 7.26. The molecule has 1 aromatic rings. The maximum atomic E-state index is 12.4. The molecule has 0 aliphatic heterocycles. The van der Waals surface area contributed by atoms with E-state index in [9.17, 15) is 9.59 Å². The summed E-state index contributed by atoms with van der Waals surface area (Å²) in [6, 6.07) is 0.00254. The number of aromatic nitrogens is 2. The molecule has 7 heteroatoms. The largest absolute Gasteiger partial charge is 0.476 e. The Morgan fingerprint density at radius 2 is 2.00 bits per heavy atom. The summed E-state index contributed by atoms with van der Waals surface area (Å²) in [5.41, 5.74) is 0.278. The number of ether oxygens (including phenoxy) is 1. The summed E-state index contributed by atoms with van der Waals surface area (Å²) in [5, 5.41) is 2.99. The highest BCUT2D eigenvalue weighted by atomic mass is 16.5. The maximum Gasteiger partial charge on any atom is 0.271 e. The van der Waals surface area contributed by atoms with E-state index in [1.807, 2.05) is 0 Å². The van der Waals surface area contributed by atoms with Crippen molar-refractivity contribution < 1.29 is 14.3 Å². The van der Waals surface area contributed by atoms with Gasteiger partial charge in [0.1, 0.15) is 5.69 Å². The Balaban J connectivity index is 1.51. The van der Waals surface area contributed by atoms with Gasteiger partial charge in [-0.05, 0) is 38.0 Å². The maximum absolute atomic E-state index is 12.4. The first-order valence-electron chi connectivity index (χ1n) is 9.00. The number of hydrogen-bond donors (Lipinski definition) is 1. The van der Waals surface area contributed by atoms with Crippen LogP contribution in [0, 0.1) is 11.8 Å². The molecule has 2 aliphatic rings. The smallest absolute Gasteiger partial charge is 0.271 e. The average molecular weight is 346 g/mol. The highest BCUT2D eigenvalue weighted by Crippen LogP contribution is 2.29. The SMILES string of the molecule is CN(C)C(=O)[C@H]1CCC[C@@H](NC(=O)c2cnc(OCC3CC3)cn2)C1. The molecule has 0 aromatic carbocycles. The van der Waals surface area contributed by atoms with Gasteiger partial charge in [-0.2, -0.15) is 0 Å². The summed E-state index contributed by atoms with van der Waals surface area (Å²) in [4.78, 5) is 34.4. The van der Waals surface area contributed by atoms with Crippen LogP contribution < -0.4 is 10.1 Å². The molecule has 25 heavy (non-hydrogen) atoms. The third-order valence-electron chi connectivity index (χ3n) is 4.82. The molecule has 0 spiro atoms. The Morgan fingerprint density at radius 1 is 1.20 bits per heavy atom. The summed E-state index contributed by atoms with van der Waals surface area (Å²) in [5.74, 6) is 0.977. The highest BCUT2D eigenvalue weighted by molar-refractivity contribution is 5.92. The second kappa shape index (κ2) is 7.80. The number of nitrogens with zero attached hydrogens (tertiary/aromatic N) is 3. The van der Waals surface area contributed by atoms with Gasteiger partial charge in [0.25, 0.3) is 5.91 Å². The lowest BCUT2D eigenvalue weighted by molar-refractivity contribution is -0.134. The van der Waals surface area contributed by atoms with Gasteiger partial charge in [-0.15, -0.1) is 0 Å². The fourth-order valence-electron chi connectivity index (χ4n) is 3.17. The van der Waals surface area contributed by atoms with E-state index in [4.69, 9.17) is 4.74 Å². The minimum Gasteiger partial charge on any atom is -0.476 e. The van der Waals surface area contributed by atoms with E-state index in [0.29, 0.717) is 24.8 Å². The van der Waals surface area contributed by atoms with Crippen molar-refractivity contribution in [1.82, 2.24) is 20.2 Å². The summed E-state index contributed by atoms with van der Waals surface area (Å²) < 4.78 is 5.53. The van der Waals surface area contributed by atoms with Crippen molar-refractivity contribution in [3.05, 3.63) is 18.1 Å². The van der Waals surface area contributed by atoms with Gasteiger partial charge in [0, 0.05) is 26.1 Å². The standard InChI is InChI=1S/C18H26N4O3/c1-22(2)18(24)13-4-3-5-14(8-13)21-17(23)15-9-20-16(10-19-15)25-11-12-6-7-12/h9-10,12-14H,3-8,11H2,1-2H3,(H,21,23)/t13-,14+/m0/s1. The summed E-state index contributed by atoms with van der Waals surface area (Å²) in [7, 11) is 3.54. The predicted octanol–water partition coefficient (Wildman–Crippen LogP) is 1.64. The van der Waals surface area contributed by atoms with Crippen LogP contribution in [0.4, 0.5) is 0 Å². The molecular weight excluding hydrogens is 320 g/mol. The van der Waals surface area contributed by atoms with Gasteiger partial charge in [0.05, 0.1) is 19.0 Å². The van der Waals surface area contributed by atoms with E-state index in [0.717, 1.165) is 19.3 Å². The lowest BCUT2D eigenvalue weighted by Gasteiger charge is -2.30. The van der Waals surface area contributed by atoms with Crippen molar-refractivity contribution in [3.63, 3.8) is 0 Å². The Hall–Kier alpha value is -2.18. The molecule has 136 valence electrons. The van der Waals surface area contributed by atoms with E-state index >= 15 is 0 Å². The van der Waals surface area contributed by atoms with Crippen LogP contribution in [0.15, 0.2) is 12.4 Å². The highest BCUT2D eigenvalue weighted by Gasteiger charge is 2.29. The van der Waals surface area contributed by atoms with Crippen molar-refractivity contribution in [1.29, 1.82) is 0 Å². The van der Waals surface area contributed by atoms with Gasteiger partial charge in [0.15, 0.2) is 0 Å². The monoisotopic (exact) mass is 346 g/mol. The third kappa shape index (κ3) is 4.90. The van der Waals surface area contributed by atoms with Crippen LogP contribution in [0.25, 0.3) is 0 Å². The van der Waals surface area contributed by atoms with Gasteiger partial charge >= 0.3 is 0 Å².